The number of aliphatic carboxylic acids is 2. The van der Waals surface area contributed by atoms with Crippen LogP contribution in [-0.4, -0.2) is 22.2 Å². The van der Waals surface area contributed by atoms with Gasteiger partial charge in [-0.2, -0.15) is 0 Å². The molecule has 20 heavy (non-hydrogen) atoms. The van der Waals surface area contributed by atoms with Gasteiger partial charge in [0.1, 0.15) is 0 Å². The molecule has 0 aromatic heterocycles. The third-order valence-corrected chi connectivity index (χ3v) is 4.34. The lowest BCUT2D eigenvalue weighted by Crippen LogP contribution is -2.29. The molecule has 0 aliphatic heterocycles. The van der Waals surface area contributed by atoms with Crippen molar-refractivity contribution in [3.63, 3.8) is 0 Å². The molecule has 0 aliphatic carbocycles. The molecule has 0 fully saturated rings. The van der Waals surface area contributed by atoms with Gasteiger partial charge in [0.25, 0.3) is 0 Å². The summed E-state index contributed by atoms with van der Waals surface area (Å²) in [6.45, 7) is 7.57. The van der Waals surface area contributed by atoms with Crippen molar-refractivity contribution in [2.75, 3.05) is 0 Å². The number of hydrogen-bond donors (Lipinski definition) is 2. The summed E-state index contributed by atoms with van der Waals surface area (Å²) >= 11 is 0. The summed E-state index contributed by atoms with van der Waals surface area (Å²) in [5.41, 5.74) is -1.34. The quantitative estimate of drug-likeness (QED) is 0.554. The number of carboxylic acid groups (broad SMARTS) is 2. The van der Waals surface area contributed by atoms with Crippen molar-refractivity contribution in [2.24, 2.45) is 10.8 Å². The van der Waals surface area contributed by atoms with Crippen molar-refractivity contribution in [1.29, 1.82) is 0 Å². The van der Waals surface area contributed by atoms with Crippen LogP contribution in [0.3, 0.4) is 0 Å². The summed E-state index contributed by atoms with van der Waals surface area (Å²) in [4.78, 5) is 22.6. The van der Waals surface area contributed by atoms with E-state index in [0.717, 1.165) is 25.7 Å². The fourth-order valence-electron chi connectivity index (χ4n) is 2.81. The molecule has 2 N–H and O–H groups in total. The van der Waals surface area contributed by atoms with Gasteiger partial charge >= 0.3 is 11.9 Å². The number of carboxylic acids is 2. The van der Waals surface area contributed by atoms with Crippen molar-refractivity contribution in [1.82, 2.24) is 0 Å². The molecule has 0 saturated heterocycles. The monoisotopic (exact) mass is 286 g/mol. The third kappa shape index (κ3) is 5.51. The lowest BCUT2D eigenvalue weighted by atomic mass is 9.77. The second-order valence-corrected chi connectivity index (χ2v) is 6.44. The maximum absolute atomic E-state index is 11.3. The van der Waals surface area contributed by atoms with Gasteiger partial charge in [-0.05, 0) is 39.5 Å². The molecule has 118 valence electrons. The van der Waals surface area contributed by atoms with Gasteiger partial charge in [0.2, 0.25) is 0 Å². The van der Waals surface area contributed by atoms with Gasteiger partial charge in [-0.3, -0.25) is 9.59 Å². The van der Waals surface area contributed by atoms with E-state index in [0.29, 0.717) is 25.7 Å². The van der Waals surface area contributed by atoms with Gasteiger partial charge in [-0.1, -0.05) is 39.5 Å². The molecule has 0 spiro atoms. The van der Waals surface area contributed by atoms with E-state index < -0.39 is 22.8 Å². The van der Waals surface area contributed by atoms with Gasteiger partial charge in [0.05, 0.1) is 10.8 Å². The number of unbranched alkanes of at least 4 members (excludes halogenated alkanes) is 1. The maximum atomic E-state index is 11.3. The molecule has 2 atom stereocenters. The Morgan fingerprint density at radius 1 is 0.750 bits per heavy atom. The van der Waals surface area contributed by atoms with Crippen LogP contribution >= 0.6 is 0 Å². The second-order valence-electron chi connectivity index (χ2n) is 6.44. The topological polar surface area (TPSA) is 74.6 Å². The Hall–Kier alpha value is -1.06. The van der Waals surface area contributed by atoms with Gasteiger partial charge in [0.15, 0.2) is 0 Å². The van der Waals surface area contributed by atoms with Crippen LogP contribution < -0.4 is 0 Å². The summed E-state index contributed by atoms with van der Waals surface area (Å²) in [6, 6.07) is 0. The predicted octanol–water partition coefficient (Wildman–Crippen LogP) is 4.33. The van der Waals surface area contributed by atoms with Crippen molar-refractivity contribution >= 4 is 11.9 Å². The first-order valence-corrected chi connectivity index (χ1v) is 7.68. The molecule has 0 aromatic carbocycles. The van der Waals surface area contributed by atoms with E-state index in [1.165, 1.54) is 0 Å². The third-order valence-electron chi connectivity index (χ3n) is 4.34. The van der Waals surface area contributed by atoms with Crippen molar-refractivity contribution < 1.29 is 19.8 Å². The van der Waals surface area contributed by atoms with Crippen LogP contribution in [0.5, 0.6) is 0 Å². The van der Waals surface area contributed by atoms with Crippen LogP contribution in [0, 0.1) is 10.8 Å². The molecule has 0 amide bonds. The van der Waals surface area contributed by atoms with Crippen LogP contribution in [-0.2, 0) is 9.59 Å². The molecule has 0 aromatic rings. The van der Waals surface area contributed by atoms with E-state index >= 15 is 0 Å². The van der Waals surface area contributed by atoms with Crippen molar-refractivity contribution in [3.05, 3.63) is 0 Å². The zero-order valence-electron chi connectivity index (χ0n) is 13.4. The summed E-state index contributed by atoms with van der Waals surface area (Å²) in [5.74, 6) is -1.48. The SMILES string of the molecule is CCCC(C)(CCCCC(C)(CCC)C(=O)O)C(=O)O. The first kappa shape index (κ1) is 18.9. The first-order chi connectivity index (χ1) is 9.22. The van der Waals surface area contributed by atoms with Crippen LogP contribution in [0.15, 0.2) is 0 Å². The van der Waals surface area contributed by atoms with Crippen LogP contribution in [0.4, 0.5) is 0 Å². The van der Waals surface area contributed by atoms with E-state index in [2.05, 4.69) is 0 Å². The average Bonchev–Trinajstić information content (AvgIpc) is 2.35. The molecule has 4 nitrogen and oxygen atoms in total. The number of hydrogen-bond acceptors (Lipinski definition) is 2. The van der Waals surface area contributed by atoms with Gasteiger partial charge < -0.3 is 10.2 Å². The molecule has 2 unspecified atom stereocenters. The molecule has 0 aliphatic rings. The van der Waals surface area contributed by atoms with Gasteiger partial charge in [0, 0.05) is 0 Å². The van der Waals surface area contributed by atoms with Crippen molar-refractivity contribution in [3.8, 4) is 0 Å². The average molecular weight is 286 g/mol. The zero-order valence-corrected chi connectivity index (χ0v) is 13.4. The standard InChI is InChI=1S/C16H30O4/c1-5-9-15(3,13(17)18)11-7-8-12-16(4,10-6-2)14(19)20/h5-12H2,1-4H3,(H,17,18)(H,19,20). The van der Waals surface area contributed by atoms with E-state index in [-0.39, 0.29) is 0 Å². The highest BCUT2D eigenvalue weighted by atomic mass is 16.4. The molecule has 4 heteroatoms. The maximum Gasteiger partial charge on any atom is 0.309 e. The highest BCUT2D eigenvalue weighted by Crippen LogP contribution is 2.34. The molecular formula is C16H30O4. The zero-order chi connectivity index (χ0) is 15.8. The molecular weight excluding hydrogens is 256 g/mol. The lowest BCUT2D eigenvalue weighted by molar-refractivity contribution is -0.150. The number of rotatable bonds is 11. The molecule has 0 heterocycles. The summed E-state index contributed by atoms with van der Waals surface area (Å²) in [6.07, 6.45) is 5.85. The fraction of sp³-hybridized carbons (Fsp3) is 0.875. The van der Waals surface area contributed by atoms with E-state index in [9.17, 15) is 19.8 Å². The van der Waals surface area contributed by atoms with E-state index in [1.54, 1.807) is 13.8 Å². The van der Waals surface area contributed by atoms with Crippen LogP contribution in [0.1, 0.15) is 79.1 Å². The van der Waals surface area contributed by atoms with E-state index in [1.807, 2.05) is 13.8 Å². The van der Waals surface area contributed by atoms with Gasteiger partial charge in [-0.15, -0.1) is 0 Å². The fourth-order valence-corrected chi connectivity index (χ4v) is 2.81. The minimum atomic E-state index is -0.742. The largest absolute Gasteiger partial charge is 0.481 e. The Morgan fingerprint density at radius 3 is 1.25 bits per heavy atom. The Labute approximate surface area is 122 Å². The molecule has 0 rings (SSSR count). The Balaban J connectivity index is 4.35. The van der Waals surface area contributed by atoms with Crippen molar-refractivity contribution in [2.45, 2.75) is 79.1 Å². The van der Waals surface area contributed by atoms with Crippen LogP contribution in [0.2, 0.25) is 0 Å². The summed E-state index contributed by atoms with van der Waals surface area (Å²) in [5, 5.41) is 18.6. The Morgan fingerprint density at radius 2 is 1.05 bits per heavy atom. The number of carbonyl (C=O) groups is 2. The molecule has 0 radical (unpaired) electrons. The molecule has 0 bridgehead atoms. The Kier molecular flexibility index (Phi) is 7.84. The lowest BCUT2D eigenvalue weighted by Gasteiger charge is -2.26. The minimum Gasteiger partial charge on any atom is -0.481 e. The highest BCUT2D eigenvalue weighted by molar-refractivity contribution is 5.74. The minimum absolute atomic E-state index is 0.623. The first-order valence-electron chi connectivity index (χ1n) is 7.68. The van der Waals surface area contributed by atoms with Gasteiger partial charge in [-0.25, -0.2) is 0 Å². The smallest absolute Gasteiger partial charge is 0.309 e. The summed E-state index contributed by atoms with van der Waals surface area (Å²) in [7, 11) is 0. The second kappa shape index (κ2) is 8.28. The normalized spacial score (nSPS) is 17.2. The molecule has 0 saturated carbocycles. The van der Waals surface area contributed by atoms with E-state index in [4.69, 9.17) is 0 Å². The Bertz CT molecular complexity index is 294. The van der Waals surface area contributed by atoms with Crippen LogP contribution in [0.25, 0.3) is 0 Å². The summed E-state index contributed by atoms with van der Waals surface area (Å²) < 4.78 is 0. The highest BCUT2D eigenvalue weighted by Gasteiger charge is 2.33. The predicted molar refractivity (Wildman–Crippen MR) is 79.8 cm³/mol.